The van der Waals surface area contributed by atoms with Gasteiger partial charge >= 0.3 is 0 Å². The van der Waals surface area contributed by atoms with Crippen LogP contribution in [-0.2, 0) is 4.79 Å². The van der Waals surface area contributed by atoms with Crippen molar-refractivity contribution in [3.63, 3.8) is 0 Å². The van der Waals surface area contributed by atoms with Crippen molar-refractivity contribution in [2.45, 2.75) is 43.9 Å². The molecule has 16 heavy (non-hydrogen) atoms. The molecule has 0 radical (unpaired) electrons. The lowest BCUT2D eigenvalue weighted by molar-refractivity contribution is -0.123. The zero-order chi connectivity index (χ0) is 11.7. The molecule has 4 atom stereocenters. The summed E-state index contributed by atoms with van der Waals surface area (Å²) in [5.74, 6) is 2.54. The minimum Gasteiger partial charge on any atom is -0.391 e. The number of nitrogens with two attached hydrogens (primary N) is 1. The average Bonchev–Trinajstić information content (AvgIpc) is 2.82. The summed E-state index contributed by atoms with van der Waals surface area (Å²) < 4.78 is 0. The van der Waals surface area contributed by atoms with Gasteiger partial charge in [0.1, 0.15) is 0 Å². The van der Waals surface area contributed by atoms with E-state index in [0.29, 0.717) is 6.42 Å². The Balaban J connectivity index is 2.07. The van der Waals surface area contributed by atoms with Gasteiger partial charge in [-0.1, -0.05) is 0 Å². The van der Waals surface area contributed by atoms with E-state index in [4.69, 9.17) is 12.2 Å². The van der Waals surface area contributed by atoms with Crippen molar-refractivity contribution in [2.75, 3.05) is 6.54 Å². The Hall–Kier alpha value is -1.05. The molecule has 2 aliphatic rings. The first-order valence-electron chi connectivity index (χ1n) is 5.82. The van der Waals surface area contributed by atoms with Gasteiger partial charge in [0.25, 0.3) is 0 Å². The fourth-order valence-electron chi connectivity index (χ4n) is 2.98. The number of likely N-dealkylation sites (tertiary alicyclic amines) is 1. The van der Waals surface area contributed by atoms with Crippen molar-refractivity contribution in [2.24, 2.45) is 11.7 Å². The molecule has 0 spiro atoms. The van der Waals surface area contributed by atoms with Gasteiger partial charge in [-0.25, -0.2) is 0 Å². The lowest BCUT2D eigenvalue weighted by Gasteiger charge is -2.30. The molecule has 2 fully saturated rings. The molecular formula is C12H18N2O2. The highest BCUT2D eigenvalue weighted by Gasteiger charge is 2.42. The van der Waals surface area contributed by atoms with Crippen LogP contribution in [0.15, 0.2) is 0 Å². The molecule has 2 rings (SSSR count). The van der Waals surface area contributed by atoms with Gasteiger partial charge in [0, 0.05) is 12.0 Å². The fourth-order valence-corrected chi connectivity index (χ4v) is 2.98. The van der Waals surface area contributed by atoms with Gasteiger partial charge < -0.3 is 10.8 Å². The van der Waals surface area contributed by atoms with Gasteiger partial charge in [0.05, 0.1) is 12.1 Å². The largest absolute Gasteiger partial charge is 0.391 e. The topological polar surface area (TPSA) is 66.6 Å². The summed E-state index contributed by atoms with van der Waals surface area (Å²) in [6, 6.07) is -0.197. The summed E-state index contributed by atoms with van der Waals surface area (Å²) in [5, 5.41) is 9.96. The van der Waals surface area contributed by atoms with Crippen LogP contribution in [0.4, 0.5) is 0 Å². The molecule has 0 aromatic heterocycles. The fraction of sp³-hybridized carbons (Fsp3) is 0.750. The summed E-state index contributed by atoms with van der Waals surface area (Å²) in [5.41, 5.74) is 5.37. The Morgan fingerprint density at radius 2 is 2.25 bits per heavy atom. The van der Waals surface area contributed by atoms with E-state index < -0.39 is 6.10 Å². The summed E-state index contributed by atoms with van der Waals surface area (Å²) in [4.78, 5) is 13.3. The van der Waals surface area contributed by atoms with E-state index in [1.807, 2.05) is 4.90 Å². The van der Waals surface area contributed by atoms with Crippen molar-refractivity contribution in [3.05, 3.63) is 0 Å². The maximum absolute atomic E-state index is 11.3. The molecule has 1 saturated carbocycles. The zero-order valence-electron chi connectivity index (χ0n) is 9.30. The summed E-state index contributed by atoms with van der Waals surface area (Å²) in [7, 11) is 0. The van der Waals surface area contributed by atoms with Crippen LogP contribution in [-0.4, -0.2) is 40.6 Å². The lowest BCUT2D eigenvalue weighted by Crippen LogP contribution is -2.48. The van der Waals surface area contributed by atoms with E-state index in [9.17, 15) is 9.90 Å². The van der Waals surface area contributed by atoms with Crippen molar-refractivity contribution in [1.29, 1.82) is 0 Å². The maximum Gasteiger partial charge on any atom is 0.234 e. The number of hydrogen-bond donors (Lipinski definition) is 2. The Morgan fingerprint density at radius 3 is 2.81 bits per heavy atom. The molecule has 88 valence electrons. The molecule has 1 heterocycles. The SMILES string of the molecule is C#CC1CC(O)C(N2CCCC2C(N)=O)C1. The van der Waals surface area contributed by atoms with Crippen molar-refractivity contribution in [1.82, 2.24) is 4.90 Å². The second-order valence-electron chi connectivity index (χ2n) is 4.77. The molecule has 0 aromatic rings. The number of primary amides is 1. The number of rotatable bonds is 2. The third-order valence-electron chi connectivity index (χ3n) is 3.78. The van der Waals surface area contributed by atoms with Crippen LogP contribution in [0.3, 0.4) is 0 Å². The van der Waals surface area contributed by atoms with Crippen LogP contribution >= 0.6 is 0 Å². The van der Waals surface area contributed by atoms with Crippen LogP contribution < -0.4 is 5.73 Å². The highest BCUT2D eigenvalue weighted by molar-refractivity contribution is 5.80. The maximum atomic E-state index is 11.3. The average molecular weight is 222 g/mol. The highest BCUT2D eigenvalue weighted by Crippen LogP contribution is 2.33. The Kier molecular flexibility index (Phi) is 3.17. The van der Waals surface area contributed by atoms with Gasteiger partial charge in [0.2, 0.25) is 5.91 Å². The predicted molar refractivity (Wildman–Crippen MR) is 60.3 cm³/mol. The summed E-state index contributed by atoms with van der Waals surface area (Å²) in [6.45, 7) is 0.840. The zero-order valence-corrected chi connectivity index (χ0v) is 9.30. The van der Waals surface area contributed by atoms with Crippen molar-refractivity contribution in [3.8, 4) is 12.3 Å². The first-order chi connectivity index (χ1) is 7.63. The van der Waals surface area contributed by atoms with E-state index in [-0.39, 0.29) is 23.9 Å². The van der Waals surface area contributed by atoms with Crippen LogP contribution in [0.1, 0.15) is 25.7 Å². The molecule has 3 N–H and O–H groups in total. The van der Waals surface area contributed by atoms with E-state index >= 15 is 0 Å². The minimum absolute atomic E-state index is 0.0149. The molecule has 4 unspecified atom stereocenters. The standard InChI is InChI=1S/C12H18N2O2/c1-2-8-6-10(11(15)7-8)14-5-3-4-9(14)12(13)16/h1,8-11,15H,3-7H2,(H2,13,16). The summed E-state index contributed by atoms with van der Waals surface area (Å²) >= 11 is 0. The molecule has 0 aromatic carbocycles. The van der Waals surface area contributed by atoms with Gasteiger partial charge in [0.15, 0.2) is 0 Å². The van der Waals surface area contributed by atoms with Crippen molar-refractivity contribution >= 4 is 5.91 Å². The molecule has 0 bridgehead atoms. The molecule has 1 amide bonds. The van der Waals surface area contributed by atoms with E-state index in [1.165, 1.54) is 0 Å². The van der Waals surface area contributed by atoms with Crippen LogP contribution in [0, 0.1) is 18.3 Å². The van der Waals surface area contributed by atoms with E-state index in [1.54, 1.807) is 0 Å². The minimum atomic E-state index is -0.416. The van der Waals surface area contributed by atoms with Gasteiger partial charge in [-0.2, -0.15) is 0 Å². The molecule has 1 aliphatic carbocycles. The number of aliphatic hydroxyl groups is 1. The van der Waals surface area contributed by atoms with Crippen LogP contribution in [0.2, 0.25) is 0 Å². The van der Waals surface area contributed by atoms with E-state index in [2.05, 4.69) is 5.92 Å². The van der Waals surface area contributed by atoms with Gasteiger partial charge in [-0.15, -0.1) is 12.3 Å². The monoisotopic (exact) mass is 222 g/mol. The number of hydrogen-bond acceptors (Lipinski definition) is 3. The number of carbonyl (C=O) groups excluding carboxylic acids is 1. The van der Waals surface area contributed by atoms with Gasteiger partial charge in [-0.3, -0.25) is 9.69 Å². The Bertz CT molecular complexity index is 323. The second kappa shape index (κ2) is 4.44. The molecule has 1 saturated heterocycles. The first-order valence-corrected chi connectivity index (χ1v) is 5.82. The quantitative estimate of drug-likeness (QED) is 0.631. The number of carbonyl (C=O) groups is 1. The normalized spacial score (nSPS) is 39.8. The Morgan fingerprint density at radius 1 is 1.50 bits per heavy atom. The van der Waals surface area contributed by atoms with E-state index in [0.717, 1.165) is 25.8 Å². The first kappa shape index (κ1) is 11.4. The number of terminal acetylenes is 1. The number of nitrogens with zero attached hydrogens (tertiary/aromatic N) is 1. The van der Waals surface area contributed by atoms with Crippen LogP contribution in [0.25, 0.3) is 0 Å². The third-order valence-corrected chi connectivity index (χ3v) is 3.78. The molecular weight excluding hydrogens is 204 g/mol. The number of amides is 1. The Labute approximate surface area is 95.8 Å². The summed E-state index contributed by atoms with van der Waals surface area (Å²) in [6.07, 6.45) is 8.16. The van der Waals surface area contributed by atoms with Crippen molar-refractivity contribution < 1.29 is 9.90 Å². The second-order valence-corrected chi connectivity index (χ2v) is 4.77. The predicted octanol–water partition coefficient (Wildman–Crippen LogP) is -0.291. The van der Waals surface area contributed by atoms with Crippen LogP contribution in [0.5, 0.6) is 0 Å². The lowest BCUT2D eigenvalue weighted by atomic mass is 10.1. The smallest absolute Gasteiger partial charge is 0.234 e. The number of aliphatic hydroxyl groups excluding tert-OH is 1. The third kappa shape index (κ3) is 1.93. The van der Waals surface area contributed by atoms with Gasteiger partial charge in [-0.05, 0) is 32.2 Å². The molecule has 1 aliphatic heterocycles. The molecule has 4 heteroatoms. The highest BCUT2D eigenvalue weighted by atomic mass is 16.3. The molecule has 4 nitrogen and oxygen atoms in total.